The molecule has 0 amide bonds. The van der Waals surface area contributed by atoms with Crippen LogP contribution in [0.2, 0.25) is 5.15 Å². The van der Waals surface area contributed by atoms with Crippen LogP contribution in [0, 0.1) is 0 Å². The summed E-state index contributed by atoms with van der Waals surface area (Å²) in [6.45, 7) is 0.948. The second-order valence-corrected chi connectivity index (χ2v) is 5.13. The maximum atomic E-state index is 5.73. The highest BCUT2D eigenvalue weighted by molar-refractivity contribution is 8.00. The molecule has 0 spiro atoms. The monoisotopic (exact) mass is 229 g/mol. The molecular weight excluding hydrogens is 218 g/mol. The van der Waals surface area contributed by atoms with E-state index in [0.29, 0.717) is 9.90 Å². The van der Waals surface area contributed by atoms with Crippen molar-refractivity contribution in [1.82, 2.24) is 9.97 Å². The molecule has 2 rings (SSSR count). The summed E-state index contributed by atoms with van der Waals surface area (Å²) in [4.78, 5) is 8.09. The van der Waals surface area contributed by atoms with Gasteiger partial charge in [-0.1, -0.05) is 11.6 Å². The first-order valence-electron chi connectivity index (χ1n) is 4.51. The molecule has 5 heteroatoms. The Kier molecular flexibility index (Phi) is 2.83. The highest BCUT2D eigenvalue weighted by atomic mass is 35.5. The third-order valence-corrected chi connectivity index (χ3v) is 4.04. The molecule has 0 aliphatic heterocycles. The molecule has 1 aliphatic rings. The number of nitrogens with zero attached hydrogens (tertiary/aromatic N) is 2. The van der Waals surface area contributed by atoms with Crippen LogP contribution in [-0.4, -0.2) is 27.5 Å². The molecule has 1 heterocycles. The van der Waals surface area contributed by atoms with Crippen LogP contribution in [-0.2, 0) is 0 Å². The quantitative estimate of drug-likeness (QED) is 0.861. The fourth-order valence-corrected chi connectivity index (χ4v) is 2.15. The lowest BCUT2D eigenvalue weighted by molar-refractivity contribution is 0.937. The number of nitrogens with one attached hydrogen (secondary N) is 1. The summed E-state index contributed by atoms with van der Waals surface area (Å²) in [6, 6.07) is 0. The van der Waals surface area contributed by atoms with Crippen molar-refractivity contribution in [2.75, 3.05) is 18.1 Å². The van der Waals surface area contributed by atoms with E-state index in [9.17, 15) is 0 Å². The van der Waals surface area contributed by atoms with Crippen molar-refractivity contribution < 1.29 is 0 Å². The second-order valence-electron chi connectivity index (χ2n) is 3.47. The van der Waals surface area contributed by atoms with Crippen LogP contribution >= 0.6 is 23.4 Å². The van der Waals surface area contributed by atoms with Crippen LogP contribution in [0.5, 0.6) is 0 Å². The van der Waals surface area contributed by atoms with E-state index in [0.717, 1.165) is 12.4 Å². The maximum absolute atomic E-state index is 5.73. The van der Waals surface area contributed by atoms with Gasteiger partial charge in [0.2, 0.25) is 0 Å². The van der Waals surface area contributed by atoms with E-state index in [1.165, 1.54) is 19.0 Å². The standard InChI is InChI=1S/C9H12ClN3S/c1-14-9(2-3-9)6-12-8-5-11-4-7(10)13-8/h4-5H,2-3,6H2,1H3,(H,12,13). The highest BCUT2D eigenvalue weighted by Gasteiger charge is 2.41. The first-order chi connectivity index (χ1) is 6.74. The largest absolute Gasteiger partial charge is 0.367 e. The SMILES string of the molecule is CSC1(CNc2cncc(Cl)n2)CC1. The fourth-order valence-electron chi connectivity index (χ4n) is 1.27. The minimum Gasteiger partial charge on any atom is -0.367 e. The number of anilines is 1. The molecule has 1 N–H and O–H groups in total. The minimum absolute atomic E-state index is 0.434. The van der Waals surface area contributed by atoms with E-state index in [-0.39, 0.29) is 0 Å². The summed E-state index contributed by atoms with van der Waals surface area (Å²) >= 11 is 7.64. The third kappa shape index (κ3) is 2.30. The van der Waals surface area contributed by atoms with Crippen molar-refractivity contribution >= 4 is 29.2 Å². The van der Waals surface area contributed by atoms with Gasteiger partial charge in [-0.2, -0.15) is 11.8 Å². The Balaban J connectivity index is 1.92. The molecule has 0 aromatic carbocycles. The van der Waals surface area contributed by atoms with Gasteiger partial charge in [0.15, 0.2) is 0 Å². The average Bonchev–Trinajstić information content (AvgIpc) is 2.96. The van der Waals surface area contributed by atoms with Gasteiger partial charge in [0, 0.05) is 11.3 Å². The van der Waals surface area contributed by atoms with Crippen LogP contribution in [0.15, 0.2) is 12.4 Å². The number of thioether (sulfide) groups is 1. The van der Waals surface area contributed by atoms with Crippen molar-refractivity contribution in [3.63, 3.8) is 0 Å². The normalized spacial score (nSPS) is 17.9. The van der Waals surface area contributed by atoms with E-state index in [1.54, 1.807) is 6.20 Å². The molecule has 0 saturated heterocycles. The Labute approximate surface area is 92.7 Å². The molecule has 3 nitrogen and oxygen atoms in total. The number of hydrogen-bond acceptors (Lipinski definition) is 4. The van der Waals surface area contributed by atoms with Gasteiger partial charge in [-0.15, -0.1) is 0 Å². The lowest BCUT2D eigenvalue weighted by atomic mass is 10.4. The van der Waals surface area contributed by atoms with E-state index in [4.69, 9.17) is 11.6 Å². The summed E-state index contributed by atoms with van der Waals surface area (Å²) in [5.74, 6) is 0.762. The van der Waals surface area contributed by atoms with Crippen molar-refractivity contribution in [2.24, 2.45) is 0 Å². The van der Waals surface area contributed by atoms with E-state index >= 15 is 0 Å². The number of aromatic nitrogens is 2. The summed E-state index contributed by atoms with van der Waals surface area (Å²) < 4.78 is 0.435. The average molecular weight is 230 g/mol. The Hall–Kier alpha value is -0.480. The smallest absolute Gasteiger partial charge is 0.149 e. The molecular formula is C9H12ClN3S. The zero-order chi connectivity index (χ0) is 10.0. The molecule has 14 heavy (non-hydrogen) atoms. The Morgan fingerprint density at radius 3 is 2.93 bits per heavy atom. The third-order valence-electron chi connectivity index (χ3n) is 2.44. The summed E-state index contributed by atoms with van der Waals surface area (Å²) in [7, 11) is 0. The number of halogens is 1. The molecule has 1 aromatic rings. The Morgan fingerprint density at radius 1 is 1.57 bits per heavy atom. The molecule has 1 aromatic heterocycles. The van der Waals surface area contributed by atoms with Gasteiger partial charge in [0.1, 0.15) is 11.0 Å². The summed E-state index contributed by atoms with van der Waals surface area (Å²) in [6.07, 6.45) is 7.96. The summed E-state index contributed by atoms with van der Waals surface area (Å²) in [5, 5.41) is 3.69. The molecule has 0 unspecified atom stereocenters. The zero-order valence-corrected chi connectivity index (χ0v) is 9.53. The van der Waals surface area contributed by atoms with Gasteiger partial charge in [0.25, 0.3) is 0 Å². The number of hydrogen-bond donors (Lipinski definition) is 1. The van der Waals surface area contributed by atoms with Crippen molar-refractivity contribution in [3.05, 3.63) is 17.5 Å². The molecule has 0 bridgehead atoms. The first-order valence-corrected chi connectivity index (χ1v) is 6.11. The van der Waals surface area contributed by atoms with Gasteiger partial charge in [-0.3, -0.25) is 4.98 Å². The van der Waals surface area contributed by atoms with Crippen LogP contribution in [0.4, 0.5) is 5.82 Å². The second kappa shape index (κ2) is 3.95. The van der Waals surface area contributed by atoms with Crippen LogP contribution < -0.4 is 5.32 Å². The van der Waals surface area contributed by atoms with E-state index < -0.39 is 0 Å². The van der Waals surface area contributed by atoms with Gasteiger partial charge in [-0.05, 0) is 19.1 Å². The maximum Gasteiger partial charge on any atom is 0.149 e. The molecule has 0 atom stereocenters. The van der Waals surface area contributed by atoms with Crippen molar-refractivity contribution in [1.29, 1.82) is 0 Å². The molecule has 76 valence electrons. The van der Waals surface area contributed by atoms with E-state index in [2.05, 4.69) is 21.5 Å². The van der Waals surface area contributed by atoms with E-state index in [1.807, 2.05) is 11.8 Å². The molecule has 0 radical (unpaired) electrons. The highest BCUT2D eigenvalue weighted by Crippen LogP contribution is 2.46. The van der Waals surface area contributed by atoms with Gasteiger partial charge in [0.05, 0.1) is 12.4 Å². The van der Waals surface area contributed by atoms with Gasteiger partial charge in [-0.25, -0.2) is 4.98 Å². The minimum atomic E-state index is 0.434. The predicted octanol–water partition coefficient (Wildman–Crippen LogP) is 2.44. The predicted molar refractivity (Wildman–Crippen MR) is 61.0 cm³/mol. The van der Waals surface area contributed by atoms with Crippen LogP contribution in [0.25, 0.3) is 0 Å². The molecule has 1 fully saturated rings. The van der Waals surface area contributed by atoms with Crippen molar-refractivity contribution in [3.8, 4) is 0 Å². The Bertz CT molecular complexity index is 328. The molecule has 1 saturated carbocycles. The molecule has 1 aliphatic carbocycles. The lowest BCUT2D eigenvalue weighted by Crippen LogP contribution is -2.18. The van der Waals surface area contributed by atoms with Gasteiger partial charge >= 0.3 is 0 Å². The lowest BCUT2D eigenvalue weighted by Gasteiger charge is -2.12. The van der Waals surface area contributed by atoms with Crippen LogP contribution in [0.1, 0.15) is 12.8 Å². The fraction of sp³-hybridized carbons (Fsp3) is 0.556. The van der Waals surface area contributed by atoms with Crippen molar-refractivity contribution in [2.45, 2.75) is 17.6 Å². The topological polar surface area (TPSA) is 37.8 Å². The number of rotatable bonds is 4. The summed E-state index contributed by atoms with van der Waals surface area (Å²) in [5.41, 5.74) is 0. The van der Waals surface area contributed by atoms with Gasteiger partial charge < -0.3 is 5.32 Å². The Morgan fingerprint density at radius 2 is 2.36 bits per heavy atom. The first kappa shape index (κ1) is 10.1. The van der Waals surface area contributed by atoms with Crippen LogP contribution in [0.3, 0.4) is 0 Å². The zero-order valence-electron chi connectivity index (χ0n) is 7.96.